The first-order valence-corrected chi connectivity index (χ1v) is 4.83. The Morgan fingerprint density at radius 1 is 1.50 bits per heavy atom. The molecule has 14 heavy (non-hydrogen) atoms. The number of carbonyl (C=O) groups excluding carboxylic acids is 1. The topological polar surface area (TPSA) is 76.2 Å². The maximum absolute atomic E-state index is 11.4. The fraction of sp³-hybridized carbons (Fsp3) is 0.800. The van der Waals surface area contributed by atoms with Gasteiger partial charge in [0.15, 0.2) is 0 Å². The SMILES string of the molecule is CC[C@@H](CN)C(=N)C(=O)OC(C)(C)C. The molecule has 1 atom stereocenters. The number of nitrogens with two attached hydrogens (primary N) is 1. The molecule has 0 fully saturated rings. The van der Waals surface area contributed by atoms with Crippen LogP contribution in [0.1, 0.15) is 34.1 Å². The fourth-order valence-corrected chi connectivity index (χ4v) is 0.988. The molecule has 0 bridgehead atoms. The van der Waals surface area contributed by atoms with E-state index in [9.17, 15) is 4.79 Å². The summed E-state index contributed by atoms with van der Waals surface area (Å²) < 4.78 is 5.07. The van der Waals surface area contributed by atoms with E-state index in [2.05, 4.69) is 0 Å². The van der Waals surface area contributed by atoms with Crippen LogP contribution in [0.3, 0.4) is 0 Å². The van der Waals surface area contributed by atoms with Gasteiger partial charge in [-0.15, -0.1) is 0 Å². The third kappa shape index (κ3) is 4.37. The molecule has 0 radical (unpaired) electrons. The molecular weight excluding hydrogens is 180 g/mol. The number of carbonyl (C=O) groups is 1. The lowest BCUT2D eigenvalue weighted by atomic mass is 10.0. The molecule has 0 rings (SSSR count). The molecule has 0 saturated carbocycles. The van der Waals surface area contributed by atoms with Gasteiger partial charge in [-0.25, -0.2) is 4.79 Å². The minimum Gasteiger partial charge on any atom is -0.455 e. The number of rotatable bonds is 4. The van der Waals surface area contributed by atoms with E-state index < -0.39 is 11.6 Å². The van der Waals surface area contributed by atoms with Crippen molar-refractivity contribution < 1.29 is 9.53 Å². The summed E-state index contributed by atoms with van der Waals surface area (Å²) in [4.78, 5) is 11.4. The molecule has 0 aromatic carbocycles. The molecule has 0 aromatic rings. The molecule has 0 saturated heterocycles. The lowest BCUT2D eigenvalue weighted by Gasteiger charge is -2.21. The molecule has 0 heterocycles. The van der Waals surface area contributed by atoms with Crippen molar-refractivity contribution in [3.63, 3.8) is 0 Å². The van der Waals surface area contributed by atoms with Crippen molar-refractivity contribution in [3.8, 4) is 0 Å². The smallest absolute Gasteiger partial charge is 0.352 e. The summed E-state index contributed by atoms with van der Waals surface area (Å²) >= 11 is 0. The van der Waals surface area contributed by atoms with Crippen LogP contribution in [0.15, 0.2) is 0 Å². The summed E-state index contributed by atoms with van der Waals surface area (Å²) in [6, 6.07) is 0. The molecule has 0 unspecified atom stereocenters. The van der Waals surface area contributed by atoms with E-state index in [-0.39, 0.29) is 11.6 Å². The van der Waals surface area contributed by atoms with Gasteiger partial charge in [-0.1, -0.05) is 6.92 Å². The second-order valence-corrected chi connectivity index (χ2v) is 4.26. The van der Waals surface area contributed by atoms with Crippen LogP contribution in [0.25, 0.3) is 0 Å². The first-order valence-electron chi connectivity index (χ1n) is 4.83. The van der Waals surface area contributed by atoms with Crippen LogP contribution in [0.2, 0.25) is 0 Å². The van der Waals surface area contributed by atoms with Crippen LogP contribution < -0.4 is 5.73 Å². The number of esters is 1. The van der Waals surface area contributed by atoms with E-state index in [0.717, 1.165) is 0 Å². The predicted octanol–water partition coefficient (Wildman–Crippen LogP) is 1.33. The largest absolute Gasteiger partial charge is 0.455 e. The summed E-state index contributed by atoms with van der Waals surface area (Å²) in [5, 5.41) is 7.58. The molecule has 4 nitrogen and oxygen atoms in total. The minimum atomic E-state index is -0.560. The van der Waals surface area contributed by atoms with E-state index in [0.29, 0.717) is 13.0 Å². The molecule has 0 aromatic heterocycles. The van der Waals surface area contributed by atoms with Crippen molar-refractivity contribution >= 4 is 11.7 Å². The van der Waals surface area contributed by atoms with Gasteiger partial charge in [-0.2, -0.15) is 0 Å². The van der Waals surface area contributed by atoms with Crippen molar-refractivity contribution in [3.05, 3.63) is 0 Å². The van der Waals surface area contributed by atoms with Gasteiger partial charge < -0.3 is 10.5 Å². The zero-order valence-electron chi connectivity index (χ0n) is 9.39. The fourth-order valence-electron chi connectivity index (χ4n) is 0.988. The van der Waals surface area contributed by atoms with Gasteiger partial charge in [0.05, 0.1) is 0 Å². The Morgan fingerprint density at radius 3 is 2.29 bits per heavy atom. The predicted molar refractivity (Wildman–Crippen MR) is 56.4 cm³/mol. The molecular formula is C10H20N2O2. The van der Waals surface area contributed by atoms with Crippen LogP contribution in [-0.4, -0.2) is 23.8 Å². The highest BCUT2D eigenvalue weighted by Gasteiger charge is 2.24. The maximum atomic E-state index is 11.4. The molecule has 0 amide bonds. The van der Waals surface area contributed by atoms with Crippen LogP contribution in [-0.2, 0) is 9.53 Å². The second-order valence-electron chi connectivity index (χ2n) is 4.26. The van der Waals surface area contributed by atoms with Gasteiger partial charge in [0.2, 0.25) is 0 Å². The molecule has 82 valence electrons. The number of hydrogen-bond acceptors (Lipinski definition) is 4. The Balaban J connectivity index is 4.32. The Labute approximate surface area is 85.3 Å². The summed E-state index contributed by atoms with van der Waals surface area (Å²) in [5.74, 6) is -0.750. The highest BCUT2D eigenvalue weighted by Crippen LogP contribution is 2.10. The first kappa shape index (κ1) is 13.1. The zero-order chi connectivity index (χ0) is 11.4. The monoisotopic (exact) mass is 200 g/mol. The van der Waals surface area contributed by atoms with Crippen molar-refractivity contribution in [1.29, 1.82) is 5.41 Å². The molecule has 0 aliphatic rings. The number of hydrogen-bond donors (Lipinski definition) is 2. The normalized spacial score (nSPS) is 13.5. The van der Waals surface area contributed by atoms with Gasteiger partial charge in [0, 0.05) is 12.5 Å². The third-order valence-corrected chi connectivity index (χ3v) is 1.80. The van der Waals surface area contributed by atoms with E-state index in [1.54, 1.807) is 20.8 Å². The maximum Gasteiger partial charge on any atom is 0.352 e. The number of ether oxygens (including phenoxy) is 1. The van der Waals surface area contributed by atoms with E-state index >= 15 is 0 Å². The lowest BCUT2D eigenvalue weighted by molar-refractivity contribution is -0.146. The Kier molecular flexibility index (Phi) is 4.77. The van der Waals surface area contributed by atoms with Crippen LogP contribution in [0, 0.1) is 11.3 Å². The van der Waals surface area contributed by atoms with Crippen LogP contribution in [0.5, 0.6) is 0 Å². The first-order chi connectivity index (χ1) is 6.31. The standard InChI is InChI=1S/C10H20N2O2/c1-5-7(6-11)8(12)9(13)14-10(2,3)4/h7,12H,5-6,11H2,1-4H3/t7-/m0/s1. The van der Waals surface area contributed by atoms with Crippen molar-refractivity contribution in [1.82, 2.24) is 0 Å². The van der Waals surface area contributed by atoms with Gasteiger partial charge in [-0.05, 0) is 27.2 Å². The summed E-state index contributed by atoms with van der Waals surface area (Å²) in [6.45, 7) is 7.55. The van der Waals surface area contributed by atoms with Crippen LogP contribution in [0.4, 0.5) is 0 Å². The zero-order valence-corrected chi connectivity index (χ0v) is 9.39. The molecule has 4 heteroatoms. The summed E-state index contributed by atoms with van der Waals surface area (Å²) in [6.07, 6.45) is 0.689. The molecule has 3 N–H and O–H groups in total. The third-order valence-electron chi connectivity index (χ3n) is 1.80. The second kappa shape index (κ2) is 5.10. The summed E-state index contributed by atoms with van der Waals surface area (Å²) in [7, 11) is 0. The van der Waals surface area contributed by atoms with E-state index in [1.807, 2.05) is 6.92 Å². The van der Waals surface area contributed by atoms with Gasteiger partial charge in [0.25, 0.3) is 0 Å². The van der Waals surface area contributed by atoms with Crippen LogP contribution >= 0.6 is 0 Å². The quantitative estimate of drug-likeness (QED) is 0.531. The van der Waals surface area contributed by atoms with Gasteiger partial charge >= 0.3 is 5.97 Å². The number of nitrogens with one attached hydrogen (secondary N) is 1. The molecule has 0 aliphatic heterocycles. The van der Waals surface area contributed by atoms with E-state index in [4.69, 9.17) is 15.9 Å². The van der Waals surface area contributed by atoms with Crippen molar-refractivity contribution in [2.75, 3.05) is 6.54 Å². The minimum absolute atomic E-state index is 0.0232. The summed E-state index contributed by atoms with van der Waals surface area (Å²) in [5.41, 5.74) is 4.87. The molecule has 0 spiro atoms. The van der Waals surface area contributed by atoms with Crippen molar-refractivity contribution in [2.24, 2.45) is 11.7 Å². The van der Waals surface area contributed by atoms with E-state index in [1.165, 1.54) is 0 Å². The average Bonchev–Trinajstić information content (AvgIpc) is 2.03. The Bertz CT molecular complexity index is 215. The lowest BCUT2D eigenvalue weighted by Crippen LogP contribution is -2.34. The Morgan fingerprint density at radius 2 is 2.00 bits per heavy atom. The average molecular weight is 200 g/mol. The Hall–Kier alpha value is -0.900. The van der Waals surface area contributed by atoms with Crippen molar-refractivity contribution in [2.45, 2.75) is 39.7 Å². The van der Waals surface area contributed by atoms with Gasteiger partial charge in [-0.3, -0.25) is 5.41 Å². The highest BCUT2D eigenvalue weighted by atomic mass is 16.6. The molecule has 0 aliphatic carbocycles. The highest BCUT2D eigenvalue weighted by molar-refractivity contribution is 6.36. The van der Waals surface area contributed by atoms with Gasteiger partial charge in [0.1, 0.15) is 11.3 Å².